The van der Waals surface area contributed by atoms with Crippen LogP contribution in [0.5, 0.6) is 5.75 Å². The van der Waals surface area contributed by atoms with Crippen LogP contribution >= 0.6 is 11.8 Å². The van der Waals surface area contributed by atoms with Gasteiger partial charge in [-0.05, 0) is 30.6 Å². The molecule has 1 aromatic carbocycles. The number of rotatable bonds is 9. The predicted octanol–water partition coefficient (Wildman–Crippen LogP) is 0.836. The third-order valence-electron chi connectivity index (χ3n) is 3.18. The van der Waals surface area contributed by atoms with Crippen molar-refractivity contribution < 1.29 is 23.9 Å². The Labute approximate surface area is 145 Å². The van der Waals surface area contributed by atoms with Gasteiger partial charge in [0, 0.05) is 7.05 Å². The summed E-state index contributed by atoms with van der Waals surface area (Å²) in [6.45, 7) is -0.379. The highest BCUT2D eigenvalue weighted by molar-refractivity contribution is 7.98. The number of hydrogen-bond donors (Lipinski definition) is 2. The number of hydrogen-bond acceptors (Lipinski definition) is 6. The number of esters is 1. The zero-order valence-electron chi connectivity index (χ0n) is 14.0. The number of para-hydroxylation sites is 1. The molecule has 2 amide bonds. The first-order valence-electron chi connectivity index (χ1n) is 7.33. The molecule has 0 radical (unpaired) electrons. The summed E-state index contributed by atoms with van der Waals surface area (Å²) in [5, 5.41) is 5.01. The minimum absolute atomic E-state index is 0.327. The van der Waals surface area contributed by atoms with Crippen molar-refractivity contribution in [2.75, 3.05) is 32.8 Å². The Balaban J connectivity index is 2.79. The van der Waals surface area contributed by atoms with Crippen molar-refractivity contribution in [1.29, 1.82) is 0 Å². The van der Waals surface area contributed by atoms with Crippen molar-refractivity contribution in [3.63, 3.8) is 0 Å². The van der Waals surface area contributed by atoms with Crippen LogP contribution in [0.2, 0.25) is 0 Å². The zero-order chi connectivity index (χ0) is 17.9. The SMILES string of the molecule is CNC(=O)COC(=O)[C@H](CCSC)NC(=O)c1ccccc1OC. The number of ether oxygens (including phenoxy) is 2. The van der Waals surface area contributed by atoms with Gasteiger partial charge < -0.3 is 20.1 Å². The quantitative estimate of drug-likeness (QED) is 0.638. The molecule has 0 bridgehead atoms. The fraction of sp³-hybridized carbons (Fsp3) is 0.438. The fourth-order valence-electron chi connectivity index (χ4n) is 1.86. The van der Waals surface area contributed by atoms with Gasteiger partial charge in [0.15, 0.2) is 6.61 Å². The van der Waals surface area contributed by atoms with Crippen LogP contribution in [0.3, 0.4) is 0 Å². The number of methoxy groups -OCH3 is 1. The maximum absolute atomic E-state index is 12.4. The molecule has 1 rings (SSSR count). The Hall–Kier alpha value is -2.22. The van der Waals surface area contributed by atoms with E-state index in [4.69, 9.17) is 9.47 Å². The lowest BCUT2D eigenvalue weighted by Gasteiger charge is -2.18. The predicted molar refractivity (Wildman–Crippen MR) is 92.3 cm³/mol. The van der Waals surface area contributed by atoms with Crippen LogP contribution in [0.4, 0.5) is 0 Å². The van der Waals surface area contributed by atoms with Crippen LogP contribution in [0.15, 0.2) is 24.3 Å². The monoisotopic (exact) mass is 354 g/mol. The lowest BCUT2D eigenvalue weighted by atomic mass is 10.1. The van der Waals surface area contributed by atoms with E-state index in [9.17, 15) is 14.4 Å². The van der Waals surface area contributed by atoms with Crippen molar-refractivity contribution in [2.45, 2.75) is 12.5 Å². The summed E-state index contributed by atoms with van der Waals surface area (Å²) in [4.78, 5) is 35.7. The average Bonchev–Trinajstić information content (AvgIpc) is 2.62. The lowest BCUT2D eigenvalue weighted by molar-refractivity contribution is -0.150. The van der Waals surface area contributed by atoms with Crippen molar-refractivity contribution in [2.24, 2.45) is 0 Å². The van der Waals surface area contributed by atoms with Gasteiger partial charge in [0.1, 0.15) is 11.8 Å². The van der Waals surface area contributed by atoms with Crippen LogP contribution in [0, 0.1) is 0 Å². The molecule has 1 atom stereocenters. The highest BCUT2D eigenvalue weighted by Crippen LogP contribution is 2.17. The van der Waals surface area contributed by atoms with E-state index in [1.807, 2.05) is 6.26 Å². The topological polar surface area (TPSA) is 93.7 Å². The molecule has 8 heteroatoms. The van der Waals surface area contributed by atoms with Crippen LogP contribution in [-0.4, -0.2) is 56.6 Å². The second kappa shape index (κ2) is 10.5. The number of benzene rings is 1. The summed E-state index contributed by atoms with van der Waals surface area (Å²) in [6.07, 6.45) is 2.30. The Kier molecular flexibility index (Phi) is 8.70. The van der Waals surface area contributed by atoms with E-state index >= 15 is 0 Å². The molecule has 0 heterocycles. The van der Waals surface area contributed by atoms with Crippen molar-refractivity contribution >= 4 is 29.5 Å². The third kappa shape index (κ3) is 6.11. The van der Waals surface area contributed by atoms with Crippen LogP contribution in [-0.2, 0) is 14.3 Å². The van der Waals surface area contributed by atoms with Crippen LogP contribution < -0.4 is 15.4 Å². The van der Waals surface area contributed by atoms with E-state index in [1.54, 1.807) is 36.0 Å². The zero-order valence-corrected chi connectivity index (χ0v) is 14.8. The molecule has 0 aliphatic heterocycles. The first-order valence-corrected chi connectivity index (χ1v) is 8.72. The van der Waals surface area contributed by atoms with E-state index in [1.165, 1.54) is 14.2 Å². The first-order chi connectivity index (χ1) is 11.5. The number of carbonyl (C=O) groups excluding carboxylic acids is 3. The third-order valence-corrected chi connectivity index (χ3v) is 3.82. The van der Waals surface area contributed by atoms with E-state index in [0.717, 1.165) is 0 Å². The van der Waals surface area contributed by atoms with Gasteiger partial charge in [-0.15, -0.1) is 0 Å². The summed E-state index contributed by atoms with van der Waals surface area (Å²) in [6, 6.07) is 5.89. The van der Waals surface area contributed by atoms with E-state index in [2.05, 4.69) is 10.6 Å². The highest BCUT2D eigenvalue weighted by Gasteiger charge is 2.24. The van der Waals surface area contributed by atoms with E-state index in [-0.39, 0.29) is 6.61 Å². The fourth-order valence-corrected chi connectivity index (χ4v) is 2.33. The number of thioether (sulfide) groups is 1. The maximum atomic E-state index is 12.4. The highest BCUT2D eigenvalue weighted by atomic mass is 32.2. The number of carbonyl (C=O) groups is 3. The van der Waals surface area contributed by atoms with Gasteiger partial charge in [0.2, 0.25) is 0 Å². The second-order valence-electron chi connectivity index (χ2n) is 4.79. The van der Waals surface area contributed by atoms with E-state index < -0.39 is 23.8 Å². The molecule has 0 saturated heterocycles. The molecule has 7 nitrogen and oxygen atoms in total. The van der Waals surface area contributed by atoms with Gasteiger partial charge in [0.05, 0.1) is 12.7 Å². The Morgan fingerprint density at radius 2 is 1.96 bits per heavy atom. The van der Waals surface area contributed by atoms with Gasteiger partial charge in [-0.25, -0.2) is 4.79 Å². The molecular formula is C16H22N2O5S. The molecule has 0 spiro atoms. The summed E-state index contributed by atoms with van der Waals surface area (Å²) in [7, 11) is 2.92. The molecule has 132 valence electrons. The Morgan fingerprint density at radius 1 is 1.25 bits per heavy atom. The number of nitrogens with one attached hydrogen (secondary N) is 2. The average molecular weight is 354 g/mol. The van der Waals surface area contributed by atoms with Crippen LogP contribution in [0.1, 0.15) is 16.8 Å². The van der Waals surface area contributed by atoms with Gasteiger partial charge in [0.25, 0.3) is 11.8 Å². The smallest absolute Gasteiger partial charge is 0.329 e. The molecule has 2 N–H and O–H groups in total. The minimum atomic E-state index is -0.834. The molecule has 24 heavy (non-hydrogen) atoms. The van der Waals surface area contributed by atoms with Crippen molar-refractivity contribution in [3.05, 3.63) is 29.8 Å². The normalized spacial score (nSPS) is 11.3. The van der Waals surface area contributed by atoms with Gasteiger partial charge in [-0.1, -0.05) is 12.1 Å². The molecular weight excluding hydrogens is 332 g/mol. The van der Waals surface area contributed by atoms with Gasteiger partial charge in [-0.3, -0.25) is 9.59 Å². The summed E-state index contributed by atoms with van der Waals surface area (Å²) in [5.74, 6) is -0.418. The van der Waals surface area contributed by atoms with E-state index in [0.29, 0.717) is 23.5 Å². The number of likely N-dealkylation sites (N-methyl/N-ethyl adjacent to an activating group) is 1. The van der Waals surface area contributed by atoms with Gasteiger partial charge >= 0.3 is 5.97 Å². The van der Waals surface area contributed by atoms with Crippen molar-refractivity contribution in [1.82, 2.24) is 10.6 Å². The maximum Gasteiger partial charge on any atom is 0.329 e. The standard InChI is InChI=1S/C16H22N2O5S/c1-17-14(19)10-23-16(21)12(8-9-24-3)18-15(20)11-6-4-5-7-13(11)22-2/h4-7,12H,8-10H2,1-3H3,(H,17,19)(H,18,20)/t12-/m0/s1. The summed E-state index contributed by atoms with van der Waals surface area (Å²) >= 11 is 1.54. The summed E-state index contributed by atoms with van der Waals surface area (Å²) < 4.78 is 10.1. The minimum Gasteiger partial charge on any atom is -0.496 e. The first kappa shape index (κ1) is 19.8. The largest absolute Gasteiger partial charge is 0.496 e. The Morgan fingerprint density at radius 3 is 2.58 bits per heavy atom. The molecule has 0 fully saturated rings. The lowest BCUT2D eigenvalue weighted by Crippen LogP contribution is -2.43. The van der Waals surface area contributed by atoms with Crippen molar-refractivity contribution in [3.8, 4) is 5.75 Å². The molecule has 1 aromatic rings. The Bertz CT molecular complexity index is 579. The molecule has 0 aliphatic carbocycles. The number of amides is 2. The molecule has 0 saturated carbocycles. The second-order valence-corrected chi connectivity index (χ2v) is 5.77. The van der Waals surface area contributed by atoms with Crippen LogP contribution in [0.25, 0.3) is 0 Å². The summed E-state index contributed by atoms with van der Waals surface area (Å²) in [5.41, 5.74) is 0.327. The van der Waals surface area contributed by atoms with Gasteiger partial charge in [-0.2, -0.15) is 11.8 Å². The molecule has 0 unspecified atom stereocenters. The molecule has 0 aliphatic rings. The molecule has 0 aromatic heterocycles.